The minimum atomic E-state index is 0.478. The average Bonchev–Trinajstić information content (AvgIpc) is 2.28. The second kappa shape index (κ2) is 6.80. The molecule has 0 aliphatic carbocycles. The summed E-state index contributed by atoms with van der Waals surface area (Å²) in [6.07, 6.45) is 5.36. The van der Waals surface area contributed by atoms with Crippen molar-refractivity contribution >= 4 is 16.9 Å². The summed E-state index contributed by atoms with van der Waals surface area (Å²) in [5, 5.41) is 5.45. The molecule has 2 aliphatic rings. The van der Waals surface area contributed by atoms with Gasteiger partial charge in [0.25, 0.3) is 0 Å². The van der Waals surface area contributed by atoms with Crippen molar-refractivity contribution in [3.63, 3.8) is 0 Å². The SMILES string of the molecule is CC1CC(C)SC(NC(C)CN2CCCCC2)=N1. The standard InChI is InChI=1S/C14H27N3S/c1-11-9-13(3)18-14(15-11)16-12(2)10-17-7-5-4-6-8-17/h11-13H,4-10H2,1-3H3,(H,15,16). The van der Waals surface area contributed by atoms with Crippen LogP contribution in [0.4, 0.5) is 0 Å². The number of nitrogens with zero attached hydrogens (tertiary/aromatic N) is 2. The van der Waals surface area contributed by atoms with E-state index in [4.69, 9.17) is 4.99 Å². The normalized spacial score (nSPS) is 31.8. The number of hydrogen-bond acceptors (Lipinski definition) is 4. The minimum absolute atomic E-state index is 0.478. The van der Waals surface area contributed by atoms with E-state index in [9.17, 15) is 0 Å². The third kappa shape index (κ3) is 4.47. The van der Waals surface area contributed by atoms with Crippen LogP contribution in [0.3, 0.4) is 0 Å². The monoisotopic (exact) mass is 269 g/mol. The molecule has 0 aromatic carbocycles. The molecule has 0 bridgehead atoms. The third-order valence-electron chi connectivity index (χ3n) is 3.67. The number of rotatable bonds is 3. The molecule has 0 amide bonds. The molecule has 2 rings (SSSR count). The largest absolute Gasteiger partial charge is 0.361 e. The Hall–Kier alpha value is -0.220. The lowest BCUT2D eigenvalue weighted by molar-refractivity contribution is 0.215. The Kier molecular flexibility index (Phi) is 5.37. The number of piperidine rings is 1. The Balaban J connectivity index is 1.77. The van der Waals surface area contributed by atoms with E-state index in [0.717, 1.165) is 11.7 Å². The first-order valence-corrected chi connectivity index (χ1v) is 8.25. The van der Waals surface area contributed by atoms with Crippen molar-refractivity contribution in [3.05, 3.63) is 0 Å². The van der Waals surface area contributed by atoms with E-state index < -0.39 is 0 Å². The summed E-state index contributed by atoms with van der Waals surface area (Å²) in [4.78, 5) is 7.30. The summed E-state index contributed by atoms with van der Waals surface area (Å²) < 4.78 is 0. The Labute approximate surface area is 116 Å². The van der Waals surface area contributed by atoms with Crippen LogP contribution in [-0.4, -0.2) is 47.0 Å². The van der Waals surface area contributed by atoms with Crippen LogP contribution in [0, 0.1) is 0 Å². The first kappa shape index (κ1) is 14.2. The first-order chi connectivity index (χ1) is 8.63. The van der Waals surface area contributed by atoms with E-state index in [1.807, 2.05) is 11.8 Å². The lowest BCUT2D eigenvalue weighted by Gasteiger charge is -2.31. The maximum Gasteiger partial charge on any atom is 0.157 e. The van der Waals surface area contributed by atoms with Gasteiger partial charge in [-0.15, -0.1) is 0 Å². The second-order valence-corrected chi connectivity index (χ2v) is 7.28. The number of amidine groups is 1. The van der Waals surface area contributed by atoms with E-state index in [1.54, 1.807) is 0 Å². The molecular formula is C14H27N3S. The third-order valence-corrected chi connectivity index (χ3v) is 4.72. The summed E-state index contributed by atoms with van der Waals surface area (Å²) in [6, 6.07) is 0.984. The predicted molar refractivity (Wildman–Crippen MR) is 81.5 cm³/mol. The summed E-state index contributed by atoms with van der Waals surface area (Å²) in [5.74, 6) is 0. The van der Waals surface area contributed by atoms with Gasteiger partial charge in [-0.1, -0.05) is 25.1 Å². The predicted octanol–water partition coefficient (Wildman–Crippen LogP) is 2.72. The Bertz CT molecular complexity index is 287. The zero-order valence-corrected chi connectivity index (χ0v) is 12.8. The molecule has 2 heterocycles. The average molecular weight is 269 g/mol. The van der Waals surface area contributed by atoms with Gasteiger partial charge in [0.05, 0.1) is 6.04 Å². The van der Waals surface area contributed by atoms with Crippen molar-refractivity contribution in [1.29, 1.82) is 0 Å². The van der Waals surface area contributed by atoms with Crippen LogP contribution >= 0.6 is 11.8 Å². The highest BCUT2D eigenvalue weighted by Gasteiger charge is 2.20. The fourth-order valence-corrected chi connectivity index (χ4v) is 4.13. The van der Waals surface area contributed by atoms with Crippen LogP contribution in [0.15, 0.2) is 4.99 Å². The van der Waals surface area contributed by atoms with E-state index in [1.165, 1.54) is 38.8 Å². The van der Waals surface area contributed by atoms with E-state index in [-0.39, 0.29) is 0 Å². The molecule has 0 spiro atoms. The molecule has 0 aromatic heterocycles. The van der Waals surface area contributed by atoms with Gasteiger partial charge in [-0.25, -0.2) is 0 Å². The lowest BCUT2D eigenvalue weighted by atomic mass is 10.1. The van der Waals surface area contributed by atoms with Crippen molar-refractivity contribution < 1.29 is 0 Å². The molecular weight excluding hydrogens is 242 g/mol. The van der Waals surface area contributed by atoms with E-state index >= 15 is 0 Å². The van der Waals surface area contributed by atoms with Gasteiger partial charge >= 0.3 is 0 Å². The van der Waals surface area contributed by atoms with Crippen LogP contribution in [0.1, 0.15) is 46.5 Å². The number of hydrogen-bond donors (Lipinski definition) is 1. The zero-order chi connectivity index (χ0) is 13.0. The van der Waals surface area contributed by atoms with E-state index in [2.05, 4.69) is 31.0 Å². The number of aliphatic imine (C=N–C) groups is 1. The van der Waals surface area contributed by atoms with Gasteiger partial charge in [0, 0.05) is 17.8 Å². The van der Waals surface area contributed by atoms with Gasteiger partial charge in [-0.2, -0.15) is 0 Å². The number of nitrogens with one attached hydrogen (secondary N) is 1. The molecule has 4 heteroatoms. The zero-order valence-electron chi connectivity index (χ0n) is 12.0. The number of likely N-dealkylation sites (tertiary alicyclic amines) is 1. The molecule has 3 unspecified atom stereocenters. The summed E-state index contributed by atoms with van der Waals surface area (Å²) in [7, 11) is 0. The van der Waals surface area contributed by atoms with Crippen LogP contribution < -0.4 is 5.32 Å². The molecule has 18 heavy (non-hydrogen) atoms. The van der Waals surface area contributed by atoms with Gasteiger partial charge in [0.1, 0.15) is 0 Å². The maximum absolute atomic E-state index is 4.72. The van der Waals surface area contributed by atoms with Gasteiger partial charge in [-0.05, 0) is 46.2 Å². The van der Waals surface area contributed by atoms with Crippen molar-refractivity contribution in [2.75, 3.05) is 19.6 Å². The van der Waals surface area contributed by atoms with Gasteiger partial charge in [0.2, 0.25) is 0 Å². The summed E-state index contributed by atoms with van der Waals surface area (Å²) >= 11 is 1.90. The Morgan fingerprint density at radius 1 is 1.33 bits per heavy atom. The van der Waals surface area contributed by atoms with Gasteiger partial charge in [-0.3, -0.25) is 4.99 Å². The molecule has 0 radical (unpaired) electrons. The van der Waals surface area contributed by atoms with Crippen LogP contribution in [0.2, 0.25) is 0 Å². The molecule has 0 aromatic rings. The molecule has 2 aliphatic heterocycles. The second-order valence-electron chi connectivity index (χ2n) is 5.85. The highest BCUT2D eigenvalue weighted by Crippen LogP contribution is 2.24. The fourth-order valence-electron chi connectivity index (χ4n) is 2.86. The molecule has 1 N–H and O–H groups in total. The van der Waals surface area contributed by atoms with Gasteiger partial charge in [0.15, 0.2) is 5.17 Å². The Morgan fingerprint density at radius 2 is 2.06 bits per heavy atom. The van der Waals surface area contributed by atoms with Crippen LogP contribution in [0.5, 0.6) is 0 Å². The molecule has 1 fully saturated rings. The molecule has 1 saturated heterocycles. The Morgan fingerprint density at radius 3 is 2.72 bits per heavy atom. The number of thioether (sulfide) groups is 1. The first-order valence-electron chi connectivity index (χ1n) is 7.37. The highest BCUT2D eigenvalue weighted by atomic mass is 32.2. The summed E-state index contributed by atoms with van der Waals surface area (Å²) in [6.45, 7) is 10.5. The molecule has 3 nitrogen and oxygen atoms in total. The van der Waals surface area contributed by atoms with Crippen molar-refractivity contribution in [3.8, 4) is 0 Å². The van der Waals surface area contributed by atoms with Crippen LogP contribution in [0.25, 0.3) is 0 Å². The van der Waals surface area contributed by atoms with Gasteiger partial charge < -0.3 is 10.2 Å². The summed E-state index contributed by atoms with van der Waals surface area (Å²) in [5.41, 5.74) is 0. The molecule has 104 valence electrons. The quantitative estimate of drug-likeness (QED) is 0.854. The molecule has 0 saturated carbocycles. The fraction of sp³-hybridized carbons (Fsp3) is 0.929. The van der Waals surface area contributed by atoms with Crippen molar-refractivity contribution in [1.82, 2.24) is 10.2 Å². The molecule has 3 atom stereocenters. The smallest absolute Gasteiger partial charge is 0.157 e. The van der Waals surface area contributed by atoms with Crippen molar-refractivity contribution in [2.24, 2.45) is 4.99 Å². The minimum Gasteiger partial charge on any atom is -0.361 e. The topological polar surface area (TPSA) is 27.6 Å². The van der Waals surface area contributed by atoms with Crippen LogP contribution in [-0.2, 0) is 0 Å². The lowest BCUT2D eigenvalue weighted by Crippen LogP contribution is -2.44. The highest BCUT2D eigenvalue weighted by molar-refractivity contribution is 8.14. The maximum atomic E-state index is 4.72. The van der Waals surface area contributed by atoms with E-state index in [0.29, 0.717) is 17.3 Å². The van der Waals surface area contributed by atoms with Crippen molar-refractivity contribution in [2.45, 2.75) is 63.8 Å².